The van der Waals surface area contributed by atoms with Crippen molar-refractivity contribution >= 4 is 268 Å². The second kappa shape index (κ2) is 21.0. The van der Waals surface area contributed by atoms with Crippen molar-refractivity contribution in [3.05, 3.63) is 109 Å². The van der Waals surface area contributed by atoms with Crippen LogP contribution in [0, 0.1) is 0 Å². The first-order chi connectivity index (χ1) is 35.2. The van der Waals surface area contributed by atoms with E-state index in [-0.39, 0.29) is 132 Å². The summed E-state index contributed by atoms with van der Waals surface area (Å²) in [6.07, 6.45) is 0. The van der Waals surface area contributed by atoms with Gasteiger partial charge in [-0.3, -0.25) is 0 Å². The first-order valence-corrected chi connectivity index (χ1v) is 23.2. The zero-order valence-electron chi connectivity index (χ0n) is 39.5. The maximum Gasteiger partial charge on any atom is 0.164 e. The van der Waals surface area contributed by atoms with Crippen molar-refractivity contribution < 1.29 is 0 Å². The zero-order valence-corrected chi connectivity index (χ0v) is 40.3. The van der Waals surface area contributed by atoms with Gasteiger partial charge in [0.15, 0.2) is 17.5 Å². The van der Waals surface area contributed by atoms with Gasteiger partial charge in [-0.2, -0.15) is 0 Å². The van der Waals surface area contributed by atoms with Crippen molar-refractivity contribution in [1.29, 1.82) is 0 Å². The molecule has 9 aromatic rings. The van der Waals surface area contributed by atoms with Gasteiger partial charge in [-0.25, -0.2) is 15.0 Å². The molecule has 1 heterocycles. The van der Waals surface area contributed by atoms with Crippen LogP contribution in [0.2, 0.25) is 0 Å². The molecule has 0 N–H and O–H groups in total. The number of nitrogens with zero attached hydrogens (tertiary/aromatic N) is 4. The molecule has 0 atom stereocenters. The molecule has 9 rings (SSSR count). The highest BCUT2D eigenvalue weighted by molar-refractivity contribution is 7.99. The summed E-state index contributed by atoms with van der Waals surface area (Å²) in [6.45, 7) is 0. The van der Waals surface area contributed by atoms with E-state index in [1.54, 1.807) is 0 Å². The first kappa shape index (κ1) is 52.9. The molecule has 23 heteroatoms. The average molecular weight is 913 g/mol. The van der Waals surface area contributed by atoms with Crippen LogP contribution < -0.4 is 103 Å². The molecule has 36 radical (unpaired) electrons. The van der Waals surface area contributed by atoms with Crippen LogP contribution in [0.3, 0.4) is 0 Å². The highest BCUT2D eigenvalue weighted by atomic mass is 32.2. The molecule has 0 amide bonds. The lowest BCUT2D eigenvalue weighted by Crippen LogP contribution is -2.59. The summed E-state index contributed by atoms with van der Waals surface area (Å²) in [5, 5.41) is 0. The fourth-order valence-corrected chi connectivity index (χ4v) is 9.72. The van der Waals surface area contributed by atoms with E-state index in [0.29, 0.717) is 33.5 Å². The predicted octanol–water partition coefficient (Wildman–Crippen LogP) is -7.88. The lowest BCUT2D eigenvalue weighted by Gasteiger charge is -2.40. The van der Waals surface area contributed by atoms with Crippen molar-refractivity contribution in [1.82, 2.24) is 15.0 Å². The van der Waals surface area contributed by atoms with Gasteiger partial charge in [0.25, 0.3) is 0 Å². The monoisotopic (exact) mass is 916 g/mol. The summed E-state index contributed by atoms with van der Waals surface area (Å²) in [6, 6.07) is 34.5. The summed E-state index contributed by atoms with van der Waals surface area (Å²) in [5.74, 6) is 1.35. The maximum atomic E-state index is 7.20. The molecule has 0 saturated carbocycles. The maximum absolute atomic E-state index is 7.20. The summed E-state index contributed by atoms with van der Waals surface area (Å²) in [5.41, 5.74) is -0.0785. The lowest BCUT2D eigenvalue weighted by molar-refractivity contribution is 1.07. The van der Waals surface area contributed by atoms with Crippen LogP contribution in [0.25, 0.3) is 56.4 Å². The van der Waals surface area contributed by atoms with Crippen LogP contribution in [-0.4, -0.2) is 156 Å². The van der Waals surface area contributed by atoms with Crippen LogP contribution in [-0.2, 0) is 0 Å². The van der Waals surface area contributed by atoms with Crippen molar-refractivity contribution in [3.63, 3.8) is 0 Å². The van der Waals surface area contributed by atoms with E-state index >= 15 is 0 Å². The Labute approximate surface area is 460 Å². The number of hydrogen-bond donors (Lipinski definition) is 0. The summed E-state index contributed by atoms with van der Waals surface area (Å²) in [7, 11) is 121. The van der Waals surface area contributed by atoms with E-state index in [2.05, 4.69) is 0 Å². The van der Waals surface area contributed by atoms with Crippen LogP contribution in [0.4, 0.5) is 17.1 Å². The van der Waals surface area contributed by atoms with Gasteiger partial charge in [-0.15, -0.1) is 32.8 Å². The molecular formula is C51H18B18N4S. The Morgan fingerprint density at radius 1 is 0.284 bits per heavy atom. The number of aromatic nitrogens is 3. The first-order valence-electron chi connectivity index (χ1n) is 22.3. The van der Waals surface area contributed by atoms with E-state index in [0.717, 1.165) is 16.0 Å². The normalized spacial score (nSPS) is 11.2. The smallest absolute Gasteiger partial charge is 0.164 e. The second-order valence-corrected chi connectivity index (χ2v) is 18.2. The molecule has 0 spiro atoms. The molecule has 0 aliphatic heterocycles. The lowest BCUT2D eigenvalue weighted by atomic mass is 9.56. The van der Waals surface area contributed by atoms with E-state index in [1.165, 1.54) is 16.7 Å². The second-order valence-electron chi connectivity index (χ2n) is 17.1. The van der Waals surface area contributed by atoms with E-state index in [4.69, 9.17) is 156 Å². The number of rotatable bonds is 10. The minimum atomic E-state index is -0.256. The molecule has 302 valence electrons. The Hall–Kier alpha value is -5.91. The van der Waals surface area contributed by atoms with Crippen LogP contribution in [0.5, 0.6) is 0 Å². The van der Waals surface area contributed by atoms with Crippen LogP contribution in [0.1, 0.15) is 0 Å². The number of hydrogen-bond acceptors (Lipinski definition) is 5. The molecule has 0 aliphatic rings. The molecule has 8 aromatic carbocycles. The molecule has 0 fully saturated rings. The third-order valence-electron chi connectivity index (χ3n) is 12.7. The van der Waals surface area contributed by atoms with Crippen molar-refractivity contribution in [2.24, 2.45) is 0 Å². The van der Waals surface area contributed by atoms with Gasteiger partial charge in [-0.05, 0) is 40.5 Å². The van der Waals surface area contributed by atoms with E-state index < -0.39 is 0 Å². The Morgan fingerprint density at radius 2 is 0.581 bits per heavy atom. The highest BCUT2D eigenvalue weighted by Crippen LogP contribution is 2.38. The minimum Gasteiger partial charge on any atom is -0.314 e. The number of anilines is 3. The van der Waals surface area contributed by atoms with Gasteiger partial charge < -0.3 is 4.90 Å². The summed E-state index contributed by atoms with van der Waals surface area (Å²) in [4.78, 5) is 17.6. The van der Waals surface area contributed by atoms with Gasteiger partial charge >= 0.3 is 0 Å². The summed E-state index contributed by atoms with van der Waals surface area (Å²) < 4.78 is 0. The molecule has 74 heavy (non-hydrogen) atoms. The van der Waals surface area contributed by atoms with Gasteiger partial charge in [0, 0.05) is 43.5 Å². The van der Waals surface area contributed by atoms with Gasteiger partial charge in [0.1, 0.15) is 141 Å². The van der Waals surface area contributed by atoms with Crippen LogP contribution >= 0.6 is 11.8 Å². The quantitative estimate of drug-likeness (QED) is 0.128. The van der Waals surface area contributed by atoms with Crippen LogP contribution in [0.15, 0.2) is 119 Å². The van der Waals surface area contributed by atoms with E-state index in [1.807, 2.05) is 109 Å². The molecular weight excluding hydrogens is 895 g/mol. The molecule has 0 bridgehead atoms. The average Bonchev–Trinajstić information content (AvgIpc) is 3.41. The molecule has 1 aromatic heterocycles. The predicted molar refractivity (Wildman–Crippen MR) is 329 cm³/mol. The largest absolute Gasteiger partial charge is 0.314 e. The van der Waals surface area contributed by atoms with Gasteiger partial charge in [0.2, 0.25) is 0 Å². The van der Waals surface area contributed by atoms with Crippen molar-refractivity contribution in [2.45, 2.75) is 9.79 Å². The number of benzene rings is 8. The Morgan fingerprint density at radius 3 is 0.973 bits per heavy atom. The SMILES string of the molecule is [B]c1c([B])c([B])c(-c2c([B])c([B])c(N(c3c([B])c([B])c([B])c([B])c3[B])c3c([B])c([B])c(-c4ccc(-c5nc(-c6ccccc6)nc(-c6ccccc6)n5)cc4Sc4ccccc4)c([B])c3[B])c([B])c2[B])c([B])c1[B]. The highest BCUT2D eigenvalue weighted by Gasteiger charge is 2.30. The minimum absolute atomic E-state index is 0.0107. The third kappa shape index (κ3) is 9.13. The zero-order chi connectivity index (χ0) is 53.2. The summed E-state index contributed by atoms with van der Waals surface area (Å²) >= 11 is 1.42. The topological polar surface area (TPSA) is 41.9 Å². The molecule has 0 saturated heterocycles. The molecule has 0 aliphatic carbocycles. The Kier molecular flexibility index (Phi) is 15.0. The van der Waals surface area contributed by atoms with Gasteiger partial charge in [0.05, 0.1) is 0 Å². The van der Waals surface area contributed by atoms with Gasteiger partial charge in [-0.1, -0.05) is 168 Å². The van der Waals surface area contributed by atoms with Crippen molar-refractivity contribution in [2.75, 3.05) is 4.90 Å². The fraction of sp³-hybridized carbons (Fsp3) is 0. The molecule has 4 nitrogen and oxygen atoms in total. The Bertz CT molecular complexity index is 3580. The van der Waals surface area contributed by atoms with Crippen molar-refractivity contribution in [3.8, 4) is 56.4 Å². The third-order valence-corrected chi connectivity index (χ3v) is 13.8. The Balaban J connectivity index is 1.30. The fourth-order valence-electron chi connectivity index (χ4n) is 8.71. The molecule has 0 unspecified atom stereocenters. The van der Waals surface area contributed by atoms with E-state index in [9.17, 15) is 0 Å². The standard InChI is InChI=1S/C51H18B18N4S/c52-28-25(23-17-16-21(18-24(23)74-22-14-8-3-9-15-22)51-71-49(19-10-4-1-5-11-19)70-50(72-51)20-12-6-2-7-13-20)29(53)41(65)46(40(28)64)73(48-44(68)38(62)37(61)39(63)45(48)69)47-42(66)32(56)27(33(57)43(47)67)26-30(54)34(58)36(60)35(59)31(26)55/h1-18H.